The first-order valence-electron chi connectivity index (χ1n) is 10.1. The normalized spacial score (nSPS) is 24.5. The van der Waals surface area contributed by atoms with Crippen molar-refractivity contribution in [2.45, 2.75) is 36.7 Å². The highest BCUT2D eigenvalue weighted by atomic mass is 35.5. The molecule has 34 heavy (non-hydrogen) atoms. The van der Waals surface area contributed by atoms with Gasteiger partial charge in [-0.3, -0.25) is 14.5 Å². The van der Waals surface area contributed by atoms with Crippen molar-refractivity contribution >= 4 is 64.1 Å². The Morgan fingerprint density at radius 3 is 2.74 bits per heavy atom. The molecule has 0 spiro atoms. The maximum Gasteiger partial charge on any atom is 0.352 e. The molecular formula is C19H27ClN6O6S2. The third-order valence-electron chi connectivity index (χ3n) is 5.85. The monoisotopic (exact) mass is 534 g/mol. The summed E-state index contributed by atoms with van der Waals surface area (Å²) in [6, 6.07) is -0.586. The minimum atomic E-state index is -1.12. The van der Waals surface area contributed by atoms with Gasteiger partial charge in [0, 0.05) is 17.2 Å². The molecule has 12 nitrogen and oxygen atoms in total. The number of aromatic nitrogens is 1. The van der Waals surface area contributed by atoms with Crippen LogP contribution in [0.25, 0.3) is 0 Å². The number of nitrogen functional groups attached to an aromatic ring is 1. The molecule has 2 amide bonds. The van der Waals surface area contributed by atoms with Gasteiger partial charge in [-0.1, -0.05) is 5.16 Å². The number of β-lactam (4-membered cyclic amide) rings is 1. The Morgan fingerprint density at radius 2 is 2.18 bits per heavy atom. The minimum absolute atomic E-state index is 0. The molecule has 1 unspecified atom stereocenters. The molecule has 4 heterocycles. The fraction of sp³-hybridized carbons (Fsp3) is 0.526. The van der Waals surface area contributed by atoms with E-state index in [-0.39, 0.29) is 46.2 Å². The summed E-state index contributed by atoms with van der Waals surface area (Å²) in [5.41, 5.74) is 6.57. The first kappa shape index (κ1) is 27.9. The number of thiazole rings is 1. The third-order valence-corrected chi connectivity index (χ3v) is 7.87. The molecule has 0 aromatic carbocycles. The number of amides is 2. The fourth-order valence-corrected chi connectivity index (χ4v) is 6.17. The third kappa shape index (κ3) is 5.15. The molecule has 15 heteroatoms. The highest BCUT2D eigenvalue weighted by Crippen LogP contribution is 2.42. The molecule has 3 atom stereocenters. The van der Waals surface area contributed by atoms with Crippen molar-refractivity contribution in [3.63, 3.8) is 0 Å². The molecule has 3 aliphatic rings. The number of rotatable bonds is 7. The number of anilines is 1. The number of hydrogen-bond donors (Lipinski definition) is 3. The number of nitrogens with zero attached hydrogens (tertiary/aromatic N) is 4. The summed E-state index contributed by atoms with van der Waals surface area (Å²) < 4.78 is 0. The van der Waals surface area contributed by atoms with Crippen LogP contribution in [0.2, 0.25) is 0 Å². The summed E-state index contributed by atoms with van der Waals surface area (Å²) in [5.74, 6) is -1.73. The summed E-state index contributed by atoms with van der Waals surface area (Å²) in [6.45, 7) is 0.989. The Bertz CT molecular complexity index is 1020. The van der Waals surface area contributed by atoms with Gasteiger partial charge in [0.25, 0.3) is 11.8 Å². The number of carboxylic acid groups (broad SMARTS) is 1. The molecular weight excluding hydrogens is 508 g/mol. The lowest BCUT2D eigenvalue weighted by atomic mass is 9.98. The summed E-state index contributed by atoms with van der Waals surface area (Å²) >= 11 is 2.60. The molecule has 4 rings (SSSR count). The van der Waals surface area contributed by atoms with Crippen molar-refractivity contribution in [3.05, 3.63) is 22.3 Å². The van der Waals surface area contributed by atoms with Crippen molar-refractivity contribution < 1.29 is 29.8 Å². The fourth-order valence-electron chi connectivity index (χ4n) is 4.26. The Hall–Kier alpha value is -2.39. The van der Waals surface area contributed by atoms with E-state index in [1.54, 1.807) is 5.38 Å². The molecule has 6 N–H and O–H groups in total. The minimum Gasteiger partial charge on any atom is -0.477 e. The van der Waals surface area contributed by atoms with Gasteiger partial charge in [0.2, 0.25) is 0 Å². The van der Waals surface area contributed by atoms with Gasteiger partial charge in [0.15, 0.2) is 10.8 Å². The van der Waals surface area contributed by atoms with Crippen LogP contribution < -0.4 is 11.1 Å². The van der Waals surface area contributed by atoms with Crippen molar-refractivity contribution in [1.82, 2.24) is 20.1 Å². The van der Waals surface area contributed by atoms with Crippen LogP contribution in [0.15, 0.2) is 21.8 Å². The number of thioether (sulfide) groups is 1. The maximum atomic E-state index is 12.9. The highest BCUT2D eigenvalue weighted by molar-refractivity contribution is 8.00. The van der Waals surface area contributed by atoms with Crippen molar-refractivity contribution in [2.75, 3.05) is 32.2 Å². The lowest BCUT2D eigenvalue weighted by Gasteiger charge is -2.49. The zero-order chi connectivity index (χ0) is 23.0. The predicted molar refractivity (Wildman–Crippen MR) is 131 cm³/mol. The van der Waals surface area contributed by atoms with E-state index in [0.717, 1.165) is 36.3 Å². The summed E-state index contributed by atoms with van der Waals surface area (Å²) in [7, 11) is 3.33. The van der Waals surface area contributed by atoms with Crippen molar-refractivity contribution in [3.8, 4) is 0 Å². The molecule has 1 aromatic heterocycles. The molecule has 0 saturated carbocycles. The van der Waals surface area contributed by atoms with Gasteiger partial charge < -0.3 is 31.4 Å². The average molecular weight is 535 g/mol. The zero-order valence-electron chi connectivity index (χ0n) is 18.5. The number of oxime groups is 1. The van der Waals surface area contributed by atoms with Crippen LogP contribution in [-0.2, 0) is 19.2 Å². The molecule has 0 bridgehead atoms. The van der Waals surface area contributed by atoms with E-state index >= 15 is 0 Å². The van der Waals surface area contributed by atoms with Crippen LogP contribution in [0, 0.1) is 0 Å². The quantitative estimate of drug-likeness (QED) is 0.244. The number of halogens is 1. The average Bonchev–Trinajstić information content (AvgIpc) is 3.37. The van der Waals surface area contributed by atoms with Gasteiger partial charge in [-0.2, -0.15) is 0 Å². The number of fused-ring (bicyclic) bond motifs is 1. The largest absolute Gasteiger partial charge is 0.477 e. The number of carbonyl (C=O) groups is 3. The Balaban J connectivity index is 0.00000204. The van der Waals surface area contributed by atoms with Crippen LogP contribution in [0.3, 0.4) is 0 Å². The summed E-state index contributed by atoms with van der Waals surface area (Å²) in [5, 5.41) is 17.6. The maximum absolute atomic E-state index is 12.9. The SMILES string of the molecule is CO/N=C(\C(=O)N[C@@H]1C(=O)N2C(C(=O)O)=C(CC3CCCN3C)CS[C@H]12)c1csc(N)n1.Cl.O. The van der Waals surface area contributed by atoms with Crippen LogP contribution in [0.4, 0.5) is 5.13 Å². The number of hydrogen-bond acceptors (Lipinski definition) is 10. The Labute approximate surface area is 210 Å². The first-order valence-corrected chi connectivity index (χ1v) is 12.0. The molecule has 0 aliphatic carbocycles. The predicted octanol–water partition coefficient (Wildman–Crippen LogP) is -0.104. The molecule has 188 valence electrons. The second-order valence-corrected chi connectivity index (χ2v) is 9.79. The van der Waals surface area contributed by atoms with Crippen molar-refractivity contribution in [2.24, 2.45) is 5.16 Å². The second kappa shape index (κ2) is 11.4. The smallest absolute Gasteiger partial charge is 0.352 e. The number of likely N-dealkylation sites (tertiary alicyclic amines) is 1. The van der Waals surface area contributed by atoms with Gasteiger partial charge in [-0.25, -0.2) is 9.78 Å². The van der Waals surface area contributed by atoms with Crippen LogP contribution in [0.1, 0.15) is 25.0 Å². The summed E-state index contributed by atoms with van der Waals surface area (Å²) in [4.78, 5) is 50.1. The lowest BCUT2D eigenvalue weighted by molar-refractivity contribution is -0.150. The van der Waals surface area contributed by atoms with Gasteiger partial charge in [-0.15, -0.1) is 35.5 Å². The van der Waals surface area contributed by atoms with Gasteiger partial charge in [0.1, 0.15) is 29.9 Å². The van der Waals surface area contributed by atoms with Gasteiger partial charge in [-0.05, 0) is 38.4 Å². The molecule has 2 saturated heterocycles. The topological polar surface area (TPSA) is 182 Å². The van der Waals surface area contributed by atoms with E-state index in [1.165, 1.54) is 23.8 Å². The molecule has 1 aromatic rings. The van der Waals surface area contributed by atoms with Gasteiger partial charge >= 0.3 is 5.97 Å². The molecule has 0 radical (unpaired) electrons. The number of nitrogens with two attached hydrogens (primary N) is 1. The summed E-state index contributed by atoms with van der Waals surface area (Å²) in [6.07, 6.45) is 2.71. The molecule has 2 fully saturated rings. The second-order valence-electron chi connectivity index (χ2n) is 7.79. The molecule has 3 aliphatic heterocycles. The standard InChI is InChI=1S/C19H24N6O5S2.ClH.H2O/c1-24-5-3-4-10(24)6-9-7-31-17-13(16(27)25(17)14(9)18(28)29)22-15(26)12(23-30-2)11-8-32-19(20)21-11;;/h8,10,13,17H,3-7H2,1-2H3,(H2,20,21)(H,22,26)(H,28,29);1H;1H2/b23-12-;;/t10?,13-,17-;;/m1../s1. The zero-order valence-corrected chi connectivity index (χ0v) is 21.0. The number of aliphatic carboxylic acids is 1. The highest BCUT2D eigenvalue weighted by Gasteiger charge is 2.54. The van der Waals surface area contributed by atoms with E-state index in [2.05, 4.69) is 20.4 Å². The van der Waals surface area contributed by atoms with Gasteiger partial charge in [0.05, 0.1) is 0 Å². The van der Waals surface area contributed by atoms with E-state index in [0.29, 0.717) is 12.2 Å². The van der Waals surface area contributed by atoms with E-state index < -0.39 is 29.2 Å². The van der Waals surface area contributed by atoms with E-state index in [9.17, 15) is 19.5 Å². The lowest BCUT2D eigenvalue weighted by Crippen LogP contribution is -2.71. The van der Waals surface area contributed by atoms with Crippen molar-refractivity contribution in [1.29, 1.82) is 0 Å². The van der Waals surface area contributed by atoms with Crippen LogP contribution >= 0.6 is 35.5 Å². The number of carbonyl (C=O) groups excluding carboxylic acids is 2. The van der Waals surface area contributed by atoms with Crippen LogP contribution in [0.5, 0.6) is 0 Å². The van der Waals surface area contributed by atoms with E-state index in [1.807, 2.05) is 7.05 Å². The Morgan fingerprint density at radius 1 is 1.44 bits per heavy atom. The number of nitrogens with one attached hydrogen (secondary N) is 1. The number of carboxylic acids is 1. The van der Waals surface area contributed by atoms with Crippen LogP contribution in [-0.4, -0.2) is 92.8 Å². The van der Waals surface area contributed by atoms with E-state index in [4.69, 9.17) is 10.6 Å². The first-order chi connectivity index (χ1) is 15.3. The Kier molecular flexibility index (Phi) is 9.30.